The number of nitrogens with zero attached hydrogens (tertiary/aromatic N) is 1. The van der Waals surface area contributed by atoms with E-state index in [1.807, 2.05) is 4.90 Å². The minimum Gasteiger partial charge on any atom is -0.339 e. The van der Waals surface area contributed by atoms with Crippen molar-refractivity contribution < 1.29 is 4.79 Å². The van der Waals surface area contributed by atoms with Crippen LogP contribution in [0.25, 0.3) is 0 Å². The highest BCUT2D eigenvalue weighted by atomic mass is 35.5. The summed E-state index contributed by atoms with van der Waals surface area (Å²) >= 11 is 5.81. The molecule has 3 aliphatic rings. The van der Waals surface area contributed by atoms with Crippen molar-refractivity contribution in [3.05, 3.63) is 0 Å². The third-order valence-electron chi connectivity index (χ3n) is 5.25. The van der Waals surface area contributed by atoms with Crippen molar-refractivity contribution in [2.75, 3.05) is 12.4 Å². The van der Waals surface area contributed by atoms with E-state index >= 15 is 0 Å². The van der Waals surface area contributed by atoms with Crippen molar-refractivity contribution in [3.8, 4) is 0 Å². The predicted molar refractivity (Wildman–Crippen MR) is 68.9 cm³/mol. The Morgan fingerprint density at radius 1 is 1.29 bits per heavy atom. The van der Waals surface area contributed by atoms with E-state index < -0.39 is 0 Å². The smallest absolute Gasteiger partial charge is 0.226 e. The number of rotatable bonds is 4. The zero-order chi connectivity index (χ0) is 12.2. The van der Waals surface area contributed by atoms with Gasteiger partial charge in [-0.1, -0.05) is 0 Å². The summed E-state index contributed by atoms with van der Waals surface area (Å²) in [5, 5.41) is 0. The Balaban J connectivity index is 1.68. The lowest BCUT2D eigenvalue weighted by Crippen LogP contribution is -2.40. The van der Waals surface area contributed by atoms with Crippen molar-refractivity contribution >= 4 is 17.5 Å². The van der Waals surface area contributed by atoms with Gasteiger partial charge in [0.05, 0.1) is 0 Å². The molecule has 0 spiro atoms. The number of alkyl halides is 1. The first-order chi connectivity index (χ1) is 8.15. The molecule has 3 rings (SSSR count). The molecule has 0 heterocycles. The maximum absolute atomic E-state index is 12.5. The second kappa shape index (κ2) is 4.15. The molecular formula is C14H22ClNO. The van der Waals surface area contributed by atoms with E-state index in [4.69, 9.17) is 11.6 Å². The molecule has 17 heavy (non-hydrogen) atoms. The summed E-state index contributed by atoms with van der Waals surface area (Å²) in [6.07, 6.45) is 4.18. The summed E-state index contributed by atoms with van der Waals surface area (Å²) in [4.78, 5) is 14.5. The van der Waals surface area contributed by atoms with Crippen LogP contribution in [0.1, 0.15) is 33.1 Å². The lowest BCUT2D eigenvalue weighted by Gasteiger charge is -2.27. The van der Waals surface area contributed by atoms with Gasteiger partial charge in [0.25, 0.3) is 0 Å². The maximum Gasteiger partial charge on any atom is 0.226 e. The van der Waals surface area contributed by atoms with Crippen molar-refractivity contribution in [2.45, 2.75) is 39.2 Å². The van der Waals surface area contributed by atoms with Crippen molar-refractivity contribution in [2.24, 2.45) is 29.6 Å². The van der Waals surface area contributed by atoms with Gasteiger partial charge in [-0.05, 0) is 56.8 Å². The molecule has 1 amide bonds. The number of amides is 1. The number of halogens is 1. The minimum atomic E-state index is 0.292. The molecule has 0 aromatic carbocycles. The lowest BCUT2D eigenvalue weighted by molar-refractivity contribution is -0.135. The Labute approximate surface area is 109 Å². The Morgan fingerprint density at radius 3 is 2.35 bits per heavy atom. The van der Waals surface area contributed by atoms with Crippen molar-refractivity contribution in [1.29, 1.82) is 0 Å². The minimum absolute atomic E-state index is 0.292. The van der Waals surface area contributed by atoms with Crippen molar-refractivity contribution in [3.63, 3.8) is 0 Å². The predicted octanol–water partition coefficient (Wildman–Crippen LogP) is 2.75. The quantitative estimate of drug-likeness (QED) is 0.708. The average Bonchev–Trinajstić information content (AvgIpc) is 2.73. The van der Waals surface area contributed by atoms with Gasteiger partial charge >= 0.3 is 0 Å². The van der Waals surface area contributed by atoms with Crippen LogP contribution in [-0.4, -0.2) is 29.3 Å². The molecular weight excluding hydrogens is 234 g/mol. The summed E-state index contributed by atoms with van der Waals surface area (Å²) in [5.74, 6) is 4.57. The normalized spacial score (nSPS) is 41.8. The topological polar surface area (TPSA) is 20.3 Å². The molecule has 3 saturated carbocycles. The van der Waals surface area contributed by atoms with E-state index in [9.17, 15) is 4.79 Å². The van der Waals surface area contributed by atoms with E-state index in [1.54, 1.807) is 0 Å². The largest absolute Gasteiger partial charge is 0.339 e. The molecule has 0 aromatic rings. The molecule has 2 nitrogen and oxygen atoms in total. The lowest BCUT2D eigenvalue weighted by atomic mass is 10.0. The molecule has 3 heteroatoms. The molecule has 4 atom stereocenters. The van der Waals surface area contributed by atoms with Gasteiger partial charge in [-0.3, -0.25) is 4.79 Å². The van der Waals surface area contributed by atoms with Gasteiger partial charge in [0.2, 0.25) is 5.91 Å². The monoisotopic (exact) mass is 255 g/mol. The third kappa shape index (κ3) is 1.71. The first-order valence-electron chi connectivity index (χ1n) is 7.01. The Bertz CT molecular complexity index is 314. The molecule has 4 unspecified atom stereocenters. The standard InChI is InChI=1S/C14H22ClNO/c1-8(2)16(6-5-15)14(17)13-11-9-3-4-10(7-9)12(11)13/h8-13H,3-7H2,1-2H3. The molecule has 0 N–H and O–H groups in total. The summed E-state index contributed by atoms with van der Waals surface area (Å²) < 4.78 is 0. The van der Waals surface area contributed by atoms with E-state index in [1.165, 1.54) is 19.3 Å². The van der Waals surface area contributed by atoms with Crippen LogP contribution in [0.2, 0.25) is 0 Å². The van der Waals surface area contributed by atoms with E-state index in [2.05, 4.69) is 13.8 Å². The Morgan fingerprint density at radius 2 is 1.88 bits per heavy atom. The molecule has 0 saturated heterocycles. The zero-order valence-electron chi connectivity index (χ0n) is 10.7. The van der Waals surface area contributed by atoms with Gasteiger partial charge in [0, 0.05) is 24.4 Å². The van der Waals surface area contributed by atoms with Gasteiger partial charge in [-0.2, -0.15) is 0 Å². The van der Waals surface area contributed by atoms with Crippen molar-refractivity contribution in [1.82, 2.24) is 4.90 Å². The van der Waals surface area contributed by atoms with Gasteiger partial charge < -0.3 is 4.90 Å². The van der Waals surface area contributed by atoms with Crippen LogP contribution in [0.4, 0.5) is 0 Å². The van der Waals surface area contributed by atoms with Crippen LogP contribution in [0.15, 0.2) is 0 Å². The number of carbonyl (C=O) groups excluding carboxylic acids is 1. The molecule has 3 aliphatic carbocycles. The fourth-order valence-corrected chi connectivity index (χ4v) is 4.74. The van der Waals surface area contributed by atoms with Gasteiger partial charge in [0.1, 0.15) is 0 Å². The fourth-order valence-electron chi connectivity index (χ4n) is 4.56. The highest BCUT2D eigenvalue weighted by Crippen LogP contribution is 2.69. The maximum atomic E-state index is 12.5. The summed E-state index contributed by atoms with van der Waals surface area (Å²) in [6.45, 7) is 4.90. The van der Waals surface area contributed by atoms with Gasteiger partial charge in [0.15, 0.2) is 0 Å². The molecule has 0 aliphatic heterocycles. The van der Waals surface area contributed by atoms with Crippen LogP contribution < -0.4 is 0 Å². The summed E-state index contributed by atoms with van der Waals surface area (Å²) in [7, 11) is 0. The first kappa shape index (κ1) is 11.8. The van der Waals surface area contributed by atoms with Crippen LogP contribution >= 0.6 is 11.6 Å². The Kier molecular flexibility index (Phi) is 2.89. The highest BCUT2D eigenvalue weighted by molar-refractivity contribution is 6.18. The van der Waals surface area contributed by atoms with Crippen LogP contribution in [0.5, 0.6) is 0 Å². The van der Waals surface area contributed by atoms with Crippen LogP contribution in [0, 0.1) is 29.6 Å². The van der Waals surface area contributed by atoms with Crippen LogP contribution in [0.3, 0.4) is 0 Å². The van der Waals surface area contributed by atoms with Crippen LogP contribution in [-0.2, 0) is 4.79 Å². The second-order valence-corrected chi connectivity index (χ2v) is 6.71. The summed E-state index contributed by atoms with van der Waals surface area (Å²) in [6, 6.07) is 0.292. The SMILES string of the molecule is CC(C)N(CCCl)C(=O)C1C2C3CCC(C3)C12. The first-order valence-corrected chi connectivity index (χ1v) is 7.55. The fraction of sp³-hybridized carbons (Fsp3) is 0.929. The van der Waals surface area contributed by atoms with Gasteiger partial charge in [-0.15, -0.1) is 11.6 Å². The molecule has 3 fully saturated rings. The van der Waals surface area contributed by atoms with E-state index in [0.29, 0.717) is 30.3 Å². The number of hydrogen-bond donors (Lipinski definition) is 0. The van der Waals surface area contributed by atoms with E-state index in [-0.39, 0.29) is 0 Å². The molecule has 0 radical (unpaired) electrons. The highest BCUT2D eigenvalue weighted by Gasteiger charge is 2.67. The Hall–Kier alpha value is -0.240. The summed E-state index contributed by atoms with van der Waals surface area (Å²) in [5.41, 5.74) is 0. The number of carbonyl (C=O) groups is 1. The second-order valence-electron chi connectivity index (χ2n) is 6.33. The number of hydrogen-bond acceptors (Lipinski definition) is 1. The van der Waals surface area contributed by atoms with Gasteiger partial charge in [-0.25, -0.2) is 0 Å². The molecule has 0 aromatic heterocycles. The average molecular weight is 256 g/mol. The van der Waals surface area contributed by atoms with E-state index in [0.717, 1.165) is 23.7 Å². The zero-order valence-corrected chi connectivity index (χ0v) is 11.5. The molecule has 96 valence electrons. The number of fused-ring (bicyclic) bond motifs is 5. The third-order valence-corrected chi connectivity index (χ3v) is 5.42. The molecule has 2 bridgehead atoms.